The minimum absolute atomic E-state index is 0.00524. The molecule has 0 spiro atoms. The quantitative estimate of drug-likeness (QED) is 0.714. The number of amides is 3. The van der Waals surface area contributed by atoms with E-state index in [2.05, 4.69) is 10.6 Å². The highest BCUT2D eigenvalue weighted by molar-refractivity contribution is 5.97. The molecule has 0 aromatic heterocycles. The summed E-state index contributed by atoms with van der Waals surface area (Å²) in [5.41, 5.74) is -0.183. The van der Waals surface area contributed by atoms with Gasteiger partial charge < -0.3 is 25.4 Å². The number of urea groups is 1. The molecule has 142 valence electrons. The third-order valence-electron chi connectivity index (χ3n) is 4.30. The molecule has 0 aliphatic carbocycles. The van der Waals surface area contributed by atoms with Crippen molar-refractivity contribution < 1.29 is 24.2 Å². The Bertz CT molecular complexity index is 691. The van der Waals surface area contributed by atoms with Crippen LogP contribution in [0.2, 0.25) is 0 Å². The number of carboxylic acid groups (broad SMARTS) is 1. The number of hydrogen-bond acceptors (Lipinski definition) is 4. The largest absolute Gasteiger partial charge is 0.481 e. The molecule has 0 bridgehead atoms. The van der Waals surface area contributed by atoms with E-state index in [9.17, 15) is 19.5 Å². The monoisotopic (exact) mass is 363 g/mol. The van der Waals surface area contributed by atoms with Crippen LogP contribution in [-0.2, 0) is 9.53 Å². The Morgan fingerprint density at radius 1 is 1.35 bits per heavy atom. The number of anilines is 1. The number of rotatable bonds is 6. The number of hydrogen-bond donors (Lipinski definition) is 3. The van der Waals surface area contributed by atoms with Crippen molar-refractivity contribution in [2.45, 2.75) is 26.3 Å². The van der Waals surface area contributed by atoms with Gasteiger partial charge in [-0.05, 0) is 38.5 Å². The molecule has 1 aliphatic rings. The van der Waals surface area contributed by atoms with Gasteiger partial charge in [-0.1, -0.05) is 6.07 Å². The van der Waals surface area contributed by atoms with Crippen molar-refractivity contribution in [3.63, 3.8) is 0 Å². The summed E-state index contributed by atoms with van der Waals surface area (Å²) in [6.45, 7) is 4.20. The molecule has 1 aliphatic heterocycles. The van der Waals surface area contributed by atoms with E-state index in [1.165, 1.54) is 12.0 Å². The molecule has 1 fully saturated rings. The smallest absolute Gasteiger partial charge is 0.319 e. The lowest BCUT2D eigenvalue weighted by Gasteiger charge is -2.24. The van der Waals surface area contributed by atoms with Crippen LogP contribution in [0.1, 0.15) is 30.6 Å². The van der Waals surface area contributed by atoms with Crippen LogP contribution in [-0.4, -0.2) is 60.8 Å². The third-order valence-corrected chi connectivity index (χ3v) is 4.30. The standard InChI is InChI=1S/C18H25N3O5/c1-12(2)19-17(25)20-14-6-4-5-13(9-14)15(22)21-8-7-18(10-21,11-26-3)16(23)24/h4-6,9,12H,7-8,10-11H2,1-3H3,(H,23,24)(H2,19,20,25). The van der Waals surface area contributed by atoms with Crippen molar-refractivity contribution in [3.05, 3.63) is 29.8 Å². The first-order chi connectivity index (χ1) is 12.3. The minimum Gasteiger partial charge on any atom is -0.481 e. The Hall–Kier alpha value is -2.61. The maximum Gasteiger partial charge on any atom is 0.319 e. The molecule has 1 atom stereocenters. The summed E-state index contributed by atoms with van der Waals surface area (Å²) in [4.78, 5) is 37.7. The summed E-state index contributed by atoms with van der Waals surface area (Å²) >= 11 is 0. The molecule has 26 heavy (non-hydrogen) atoms. The first-order valence-electron chi connectivity index (χ1n) is 8.46. The van der Waals surface area contributed by atoms with E-state index in [0.29, 0.717) is 24.2 Å². The number of likely N-dealkylation sites (tertiary alicyclic amines) is 1. The average molecular weight is 363 g/mol. The Labute approximate surface area is 152 Å². The van der Waals surface area contributed by atoms with Gasteiger partial charge in [0.15, 0.2) is 0 Å². The van der Waals surface area contributed by atoms with E-state index < -0.39 is 11.4 Å². The van der Waals surface area contributed by atoms with Crippen LogP contribution < -0.4 is 10.6 Å². The molecule has 1 heterocycles. The van der Waals surface area contributed by atoms with Crippen molar-refractivity contribution in [1.29, 1.82) is 0 Å². The number of carbonyl (C=O) groups is 3. The molecular formula is C18H25N3O5. The summed E-state index contributed by atoms with van der Waals surface area (Å²) in [5.74, 6) is -1.23. The van der Waals surface area contributed by atoms with Gasteiger partial charge in [-0.3, -0.25) is 9.59 Å². The number of nitrogens with zero attached hydrogens (tertiary/aromatic N) is 1. The fourth-order valence-electron chi connectivity index (χ4n) is 3.02. The van der Waals surface area contributed by atoms with Gasteiger partial charge in [-0.15, -0.1) is 0 Å². The Morgan fingerprint density at radius 3 is 2.69 bits per heavy atom. The highest BCUT2D eigenvalue weighted by Gasteiger charge is 2.46. The molecule has 3 N–H and O–H groups in total. The third kappa shape index (κ3) is 4.51. The number of nitrogens with one attached hydrogen (secondary N) is 2. The lowest BCUT2D eigenvalue weighted by Crippen LogP contribution is -2.40. The van der Waals surface area contributed by atoms with Crippen LogP contribution in [0, 0.1) is 5.41 Å². The SMILES string of the molecule is COCC1(C(=O)O)CCN(C(=O)c2cccc(NC(=O)NC(C)C)c2)C1. The van der Waals surface area contributed by atoms with Crippen molar-refractivity contribution in [3.8, 4) is 0 Å². The van der Waals surface area contributed by atoms with E-state index in [0.717, 1.165) is 0 Å². The Kier molecular flexibility index (Phi) is 6.20. The predicted molar refractivity (Wildman–Crippen MR) is 96.2 cm³/mol. The van der Waals surface area contributed by atoms with Crippen LogP contribution >= 0.6 is 0 Å². The maximum absolute atomic E-state index is 12.7. The lowest BCUT2D eigenvalue weighted by molar-refractivity contribution is -0.151. The molecule has 1 saturated heterocycles. The van der Waals surface area contributed by atoms with Crippen molar-refractivity contribution in [2.24, 2.45) is 5.41 Å². The first kappa shape index (κ1) is 19.7. The number of carboxylic acids is 1. The van der Waals surface area contributed by atoms with Gasteiger partial charge in [-0.2, -0.15) is 0 Å². The van der Waals surface area contributed by atoms with Crippen molar-refractivity contribution in [1.82, 2.24) is 10.2 Å². The summed E-state index contributed by atoms with van der Waals surface area (Å²) in [6.07, 6.45) is 0.344. The van der Waals surface area contributed by atoms with Crippen LogP contribution in [0.5, 0.6) is 0 Å². The summed E-state index contributed by atoms with van der Waals surface area (Å²) < 4.78 is 5.05. The molecule has 0 radical (unpaired) electrons. The zero-order chi connectivity index (χ0) is 19.3. The van der Waals surface area contributed by atoms with Gasteiger partial charge in [0.05, 0.1) is 6.61 Å². The molecule has 1 aromatic rings. The molecule has 3 amide bonds. The van der Waals surface area contributed by atoms with E-state index in [1.807, 2.05) is 13.8 Å². The molecule has 0 saturated carbocycles. The average Bonchev–Trinajstić information content (AvgIpc) is 2.99. The van der Waals surface area contributed by atoms with Gasteiger partial charge in [0, 0.05) is 37.5 Å². The van der Waals surface area contributed by atoms with Gasteiger partial charge in [0.25, 0.3) is 5.91 Å². The highest BCUT2D eigenvalue weighted by Crippen LogP contribution is 2.32. The summed E-state index contributed by atoms with van der Waals surface area (Å²) in [7, 11) is 1.45. The van der Waals surface area contributed by atoms with E-state index >= 15 is 0 Å². The van der Waals surface area contributed by atoms with Gasteiger partial charge >= 0.3 is 12.0 Å². The number of carbonyl (C=O) groups excluding carboxylic acids is 2. The highest BCUT2D eigenvalue weighted by atomic mass is 16.5. The molecular weight excluding hydrogens is 338 g/mol. The van der Waals surface area contributed by atoms with Gasteiger partial charge in [-0.25, -0.2) is 4.79 Å². The summed E-state index contributed by atoms with van der Waals surface area (Å²) in [5, 5.41) is 14.9. The van der Waals surface area contributed by atoms with Gasteiger partial charge in [0.1, 0.15) is 5.41 Å². The fourth-order valence-corrected chi connectivity index (χ4v) is 3.02. The second-order valence-electron chi connectivity index (χ2n) is 6.83. The zero-order valence-electron chi connectivity index (χ0n) is 15.2. The molecule has 8 nitrogen and oxygen atoms in total. The topological polar surface area (TPSA) is 108 Å². The van der Waals surface area contributed by atoms with Crippen LogP contribution in [0.25, 0.3) is 0 Å². The van der Waals surface area contributed by atoms with Gasteiger partial charge in [0.2, 0.25) is 0 Å². The molecule has 8 heteroatoms. The van der Waals surface area contributed by atoms with Crippen molar-refractivity contribution >= 4 is 23.6 Å². The Morgan fingerprint density at radius 2 is 2.08 bits per heavy atom. The first-order valence-corrected chi connectivity index (χ1v) is 8.46. The zero-order valence-corrected chi connectivity index (χ0v) is 15.2. The predicted octanol–water partition coefficient (Wildman–Crippen LogP) is 1.78. The second kappa shape index (κ2) is 8.18. The number of methoxy groups -OCH3 is 1. The van der Waals surface area contributed by atoms with E-state index in [-0.39, 0.29) is 31.1 Å². The second-order valence-corrected chi connectivity index (χ2v) is 6.83. The Balaban J connectivity index is 2.09. The molecule has 1 unspecified atom stereocenters. The van der Waals surface area contributed by atoms with E-state index in [1.54, 1.807) is 24.3 Å². The maximum atomic E-state index is 12.7. The van der Waals surface area contributed by atoms with Crippen LogP contribution in [0.15, 0.2) is 24.3 Å². The number of aliphatic carboxylic acids is 1. The molecule has 1 aromatic carbocycles. The van der Waals surface area contributed by atoms with Crippen LogP contribution in [0.4, 0.5) is 10.5 Å². The number of benzene rings is 1. The van der Waals surface area contributed by atoms with E-state index in [4.69, 9.17) is 4.74 Å². The van der Waals surface area contributed by atoms with Crippen LogP contribution in [0.3, 0.4) is 0 Å². The molecule has 2 rings (SSSR count). The lowest BCUT2D eigenvalue weighted by atomic mass is 9.88. The normalized spacial score (nSPS) is 19.5. The summed E-state index contributed by atoms with van der Waals surface area (Å²) in [6, 6.07) is 6.23. The fraction of sp³-hybridized carbons (Fsp3) is 0.500. The minimum atomic E-state index is -1.07. The number of ether oxygens (including phenoxy) is 1. The van der Waals surface area contributed by atoms with Crippen molar-refractivity contribution in [2.75, 3.05) is 32.1 Å².